The number of hydrazine groups is 1. The van der Waals surface area contributed by atoms with E-state index in [-0.39, 0.29) is 11.3 Å². The fraction of sp³-hybridized carbons (Fsp3) is 0.286. The molecular weight excluding hydrogens is 393 g/mol. The molecule has 8 nitrogen and oxygen atoms in total. The van der Waals surface area contributed by atoms with Gasteiger partial charge >= 0.3 is 6.09 Å². The molecule has 3 amide bonds. The molecule has 0 aromatic heterocycles. The molecule has 0 aliphatic carbocycles. The van der Waals surface area contributed by atoms with Crippen molar-refractivity contribution in [2.24, 2.45) is 0 Å². The molecule has 0 saturated heterocycles. The number of carbonyl (C=O) groups excluding carboxylic acids is 3. The van der Waals surface area contributed by atoms with Crippen LogP contribution in [0.4, 0.5) is 14.9 Å². The van der Waals surface area contributed by atoms with E-state index in [4.69, 9.17) is 9.47 Å². The van der Waals surface area contributed by atoms with Gasteiger partial charge in [0.15, 0.2) is 17.7 Å². The lowest BCUT2D eigenvalue weighted by atomic mass is 10.2. The summed E-state index contributed by atoms with van der Waals surface area (Å²) in [6.07, 6.45) is -1.71. The van der Waals surface area contributed by atoms with Crippen LogP contribution in [0.1, 0.15) is 38.1 Å². The molecule has 9 heteroatoms. The highest BCUT2D eigenvalue weighted by Gasteiger charge is 2.18. The van der Waals surface area contributed by atoms with Gasteiger partial charge in [-0.3, -0.25) is 25.8 Å². The van der Waals surface area contributed by atoms with Gasteiger partial charge in [-0.15, -0.1) is 0 Å². The van der Waals surface area contributed by atoms with E-state index < -0.39 is 35.4 Å². The molecular formula is C21H24FN3O5. The quantitative estimate of drug-likeness (QED) is 0.647. The Labute approximate surface area is 173 Å². The van der Waals surface area contributed by atoms with E-state index in [0.717, 1.165) is 0 Å². The van der Waals surface area contributed by atoms with Crippen molar-refractivity contribution in [1.29, 1.82) is 0 Å². The summed E-state index contributed by atoms with van der Waals surface area (Å²) in [5.41, 5.74) is 4.33. The van der Waals surface area contributed by atoms with Crippen LogP contribution in [0.3, 0.4) is 0 Å². The second kappa shape index (κ2) is 9.73. The van der Waals surface area contributed by atoms with E-state index in [0.29, 0.717) is 5.69 Å². The number of amides is 3. The average molecular weight is 417 g/mol. The van der Waals surface area contributed by atoms with Crippen molar-refractivity contribution in [1.82, 2.24) is 10.9 Å². The lowest BCUT2D eigenvalue weighted by Crippen LogP contribution is -2.47. The highest BCUT2D eigenvalue weighted by atomic mass is 19.1. The molecule has 0 heterocycles. The van der Waals surface area contributed by atoms with E-state index in [1.165, 1.54) is 37.3 Å². The third-order valence-electron chi connectivity index (χ3n) is 3.58. The number of hydrogen-bond acceptors (Lipinski definition) is 5. The van der Waals surface area contributed by atoms with Crippen molar-refractivity contribution >= 4 is 23.6 Å². The number of rotatable bonds is 5. The largest absolute Gasteiger partial charge is 0.478 e. The molecule has 0 bridgehead atoms. The maximum Gasteiger partial charge on any atom is 0.412 e. The SMILES string of the molecule is C[C@H](Oc1ccccc1F)C(=O)NNC(=O)c1cccc(NC(=O)OC(C)(C)C)c1. The van der Waals surface area contributed by atoms with Crippen LogP contribution in [-0.2, 0) is 9.53 Å². The highest BCUT2D eigenvalue weighted by molar-refractivity contribution is 5.97. The van der Waals surface area contributed by atoms with E-state index >= 15 is 0 Å². The predicted molar refractivity (Wildman–Crippen MR) is 108 cm³/mol. The minimum Gasteiger partial charge on any atom is -0.478 e. The third-order valence-corrected chi connectivity index (χ3v) is 3.58. The number of carbonyl (C=O) groups is 3. The second-order valence-corrected chi connectivity index (χ2v) is 7.34. The molecule has 0 aliphatic rings. The first-order valence-electron chi connectivity index (χ1n) is 9.16. The lowest BCUT2D eigenvalue weighted by molar-refractivity contribution is -0.128. The zero-order valence-electron chi connectivity index (χ0n) is 17.1. The van der Waals surface area contributed by atoms with Gasteiger partial charge in [0.05, 0.1) is 0 Å². The van der Waals surface area contributed by atoms with E-state index in [9.17, 15) is 18.8 Å². The fourth-order valence-corrected chi connectivity index (χ4v) is 2.24. The maximum atomic E-state index is 13.6. The molecule has 0 fully saturated rings. The van der Waals surface area contributed by atoms with E-state index in [2.05, 4.69) is 16.2 Å². The Bertz CT molecular complexity index is 927. The van der Waals surface area contributed by atoms with Gasteiger partial charge in [-0.25, -0.2) is 9.18 Å². The Balaban J connectivity index is 1.90. The molecule has 160 valence electrons. The maximum absolute atomic E-state index is 13.6. The van der Waals surface area contributed by atoms with Crippen LogP contribution in [0.2, 0.25) is 0 Å². The molecule has 2 rings (SSSR count). The van der Waals surface area contributed by atoms with Crippen molar-refractivity contribution in [2.75, 3.05) is 5.32 Å². The zero-order valence-corrected chi connectivity index (χ0v) is 17.1. The lowest BCUT2D eigenvalue weighted by Gasteiger charge is -2.19. The molecule has 0 radical (unpaired) electrons. The summed E-state index contributed by atoms with van der Waals surface area (Å²) < 4.78 is 24.0. The summed E-state index contributed by atoms with van der Waals surface area (Å²) >= 11 is 0. The van der Waals surface area contributed by atoms with Crippen LogP contribution >= 0.6 is 0 Å². The average Bonchev–Trinajstić information content (AvgIpc) is 2.66. The molecule has 0 saturated carbocycles. The first-order valence-corrected chi connectivity index (χ1v) is 9.16. The topological polar surface area (TPSA) is 106 Å². The van der Waals surface area contributed by atoms with Crippen LogP contribution in [0, 0.1) is 5.82 Å². The van der Waals surface area contributed by atoms with Crippen LogP contribution in [0.15, 0.2) is 48.5 Å². The number of hydrogen-bond donors (Lipinski definition) is 3. The fourth-order valence-electron chi connectivity index (χ4n) is 2.24. The summed E-state index contributed by atoms with van der Waals surface area (Å²) in [4.78, 5) is 36.2. The van der Waals surface area contributed by atoms with Crippen LogP contribution in [-0.4, -0.2) is 29.6 Å². The number of ether oxygens (including phenoxy) is 2. The van der Waals surface area contributed by atoms with Crippen molar-refractivity contribution in [3.8, 4) is 5.75 Å². The molecule has 2 aromatic rings. The Morgan fingerprint density at radius 1 is 1.00 bits per heavy atom. The predicted octanol–water partition coefficient (Wildman–Crippen LogP) is 3.40. The van der Waals surface area contributed by atoms with Gasteiger partial charge < -0.3 is 9.47 Å². The monoisotopic (exact) mass is 417 g/mol. The Morgan fingerprint density at radius 2 is 1.70 bits per heavy atom. The molecule has 0 unspecified atom stereocenters. The smallest absolute Gasteiger partial charge is 0.412 e. The molecule has 0 aliphatic heterocycles. The van der Waals surface area contributed by atoms with Gasteiger partial charge in [-0.2, -0.15) is 0 Å². The molecule has 3 N–H and O–H groups in total. The van der Waals surface area contributed by atoms with E-state index in [1.807, 2.05) is 0 Å². The van der Waals surface area contributed by atoms with Crippen LogP contribution < -0.4 is 20.9 Å². The summed E-state index contributed by atoms with van der Waals surface area (Å²) in [6.45, 7) is 6.61. The first-order chi connectivity index (χ1) is 14.0. The van der Waals surface area contributed by atoms with E-state index in [1.54, 1.807) is 39.0 Å². The van der Waals surface area contributed by atoms with Crippen molar-refractivity contribution in [2.45, 2.75) is 39.4 Å². The summed E-state index contributed by atoms with van der Waals surface area (Å²) in [7, 11) is 0. The minimum atomic E-state index is -1.05. The van der Waals surface area contributed by atoms with Crippen molar-refractivity contribution in [3.63, 3.8) is 0 Å². The highest BCUT2D eigenvalue weighted by Crippen LogP contribution is 2.17. The van der Waals surface area contributed by atoms with Crippen LogP contribution in [0.25, 0.3) is 0 Å². The molecule has 2 aromatic carbocycles. The number of anilines is 1. The Morgan fingerprint density at radius 3 is 2.37 bits per heavy atom. The Hall–Kier alpha value is -3.62. The number of halogens is 1. The van der Waals surface area contributed by atoms with Gasteiger partial charge in [0.1, 0.15) is 5.60 Å². The summed E-state index contributed by atoms with van der Waals surface area (Å²) in [6, 6.07) is 11.7. The summed E-state index contributed by atoms with van der Waals surface area (Å²) in [5.74, 6) is -1.97. The number of para-hydroxylation sites is 1. The van der Waals surface area contributed by atoms with Crippen molar-refractivity contribution in [3.05, 3.63) is 59.9 Å². The molecule has 0 spiro atoms. The van der Waals surface area contributed by atoms with Gasteiger partial charge in [-0.1, -0.05) is 18.2 Å². The van der Waals surface area contributed by atoms with Gasteiger partial charge in [-0.05, 0) is 58.0 Å². The second-order valence-electron chi connectivity index (χ2n) is 7.34. The molecule has 1 atom stereocenters. The normalized spacial score (nSPS) is 11.8. The third kappa shape index (κ3) is 7.08. The minimum absolute atomic E-state index is 0.0765. The number of nitrogens with one attached hydrogen (secondary N) is 3. The summed E-state index contributed by atoms with van der Waals surface area (Å²) in [5, 5.41) is 2.53. The zero-order chi connectivity index (χ0) is 22.3. The van der Waals surface area contributed by atoms with Crippen LogP contribution in [0.5, 0.6) is 5.75 Å². The first kappa shape index (κ1) is 22.7. The van der Waals surface area contributed by atoms with Crippen molar-refractivity contribution < 1.29 is 28.2 Å². The van der Waals surface area contributed by atoms with Gasteiger partial charge in [0.2, 0.25) is 0 Å². The molecule has 30 heavy (non-hydrogen) atoms. The van der Waals surface area contributed by atoms with Gasteiger partial charge in [0, 0.05) is 11.3 Å². The number of benzene rings is 2. The standard InChI is InChI=1S/C21H24FN3O5/c1-13(29-17-11-6-5-10-16(17)22)18(26)24-25-19(27)14-8-7-9-15(12-14)23-20(28)30-21(2,3)4/h5-13H,1-4H3,(H,23,28)(H,24,26)(H,25,27)/t13-/m0/s1. The van der Waals surface area contributed by atoms with Gasteiger partial charge in [0.25, 0.3) is 11.8 Å². The Kier molecular flexibility index (Phi) is 7.35.